The van der Waals surface area contributed by atoms with Crippen molar-refractivity contribution in [3.05, 3.63) is 64.6 Å². The third-order valence-corrected chi connectivity index (χ3v) is 5.14. The topological polar surface area (TPSA) is 62.6 Å². The molecular formula is C21H24N2O4. The van der Waals surface area contributed by atoms with Gasteiger partial charge < -0.3 is 14.2 Å². The number of ether oxygens (including phenoxy) is 3. The first-order chi connectivity index (χ1) is 13.2. The third kappa shape index (κ3) is 3.90. The second-order valence-corrected chi connectivity index (χ2v) is 7.01. The summed E-state index contributed by atoms with van der Waals surface area (Å²) >= 11 is 0. The van der Waals surface area contributed by atoms with E-state index in [0.717, 1.165) is 30.7 Å². The van der Waals surface area contributed by atoms with Crippen LogP contribution in [0.1, 0.15) is 25.0 Å². The molecule has 0 spiro atoms. The summed E-state index contributed by atoms with van der Waals surface area (Å²) in [4.78, 5) is 15.9. The lowest BCUT2D eigenvalue weighted by molar-refractivity contribution is 0.0207. The van der Waals surface area contributed by atoms with Gasteiger partial charge in [-0.1, -0.05) is 30.4 Å². The first-order valence-corrected chi connectivity index (χ1v) is 9.37. The van der Waals surface area contributed by atoms with Crippen LogP contribution in [0.25, 0.3) is 0 Å². The number of rotatable bonds is 6. The molecule has 27 heavy (non-hydrogen) atoms. The Morgan fingerprint density at radius 3 is 2.89 bits per heavy atom. The zero-order valence-corrected chi connectivity index (χ0v) is 15.4. The average Bonchev–Trinajstić information content (AvgIpc) is 3.11. The molecule has 0 amide bonds. The number of allylic oxidation sites excluding steroid dienone is 2. The summed E-state index contributed by atoms with van der Waals surface area (Å²) in [5.41, 5.74) is 0.465. The number of para-hydroxylation sites is 1. The number of methoxy groups -OCH3 is 1. The molecule has 0 saturated heterocycles. The molecule has 0 radical (unpaired) electrons. The van der Waals surface area contributed by atoms with Crippen LogP contribution in [0.15, 0.2) is 53.3 Å². The van der Waals surface area contributed by atoms with Crippen molar-refractivity contribution in [2.75, 3.05) is 7.11 Å². The highest BCUT2D eigenvalue weighted by Crippen LogP contribution is 2.32. The van der Waals surface area contributed by atoms with Crippen molar-refractivity contribution in [2.24, 2.45) is 5.92 Å². The zero-order valence-electron chi connectivity index (χ0n) is 15.4. The number of fused-ring (bicyclic) bond motifs is 1. The maximum atomic E-state index is 11.9. The van der Waals surface area contributed by atoms with Crippen LogP contribution in [0.2, 0.25) is 0 Å². The molecule has 1 aromatic carbocycles. The van der Waals surface area contributed by atoms with Crippen molar-refractivity contribution in [1.29, 1.82) is 0 Å². The summed E-state index contributed by atoms with van der Waals surface area (Å²) in [6, 6.07) is 11.7. The number of hydrogen-bond acceptors (Lipinski definition) is 5. The molecule has 2 aliphatic rings. The molecule has 2 unspecified atom stereocenters. The Kier molecular flexibility index (Phi) is 5.25. The van der Waals surface area contributed by atoms with Crippen molar-refractivity contribution in [3.63, 3.8) is 0 Å². The van der Waals surface area contributed by atoms with Crippen LogP contribution in [0.5, 0.6) is 11.8 Å². The van der Waals surface area contributed by atoms with Crippen LogP contribution in [0.3, 0.4) is 0 Å². The van der Waals surface area contributed by atoms with Gasteiger partial charge in [0.1, 0.15) is 11.9 Å². The Morgan fingerprint density at radius 2 is 2.15 bits per heavy atom. The largest absolute Gasteiger partial charge is 0.486 e. The van der Waals surface area contributed by atoms with Crippen LogP contribution >= 0.6 is 0 Å². The van der Waals surface area contributed by atoms with E-state index in [-0.39, 0.29) is 17.8 Å². The number of nitrogens with zero attached hydrogens (tertiary/aromatic N) is 2. The molecular weight excluding hydrogens is 344 g/mol. The summed E-state index contributed by atoms with van der Waals surface area (Å²) in [6.07, 6.45) is 7.18. The van der Waals surface area contributed by atoms with Gasteiger partial charge in [-0.3, -0.25) is 9.36 Å². The van der Waals surface area contributed by atoms with Crippen molar-refractivity contribution < 1.29 is 14.2 Å². The lowest BCUT2D eigenvalue weighted by Crippen LogP contribution is -2.42. The fourth-order valence-corrected chi connectivity index (χ4v) is 3.85. The van der Waals surface area contributed by atoms with E-state index in [2.05, 4.69) is 17.1 Å². The minimum atomic E-state index is -0.310. The van der Waals surface area contributed by atoms with Gasteiger partial charge in [-0.05, 0) is 31.4 Å². The van der Waals surface area contributed by atoms with Crippen LogP contribution in [0.4, 0.5) is 0 Å². The number of aromatic nitrogens is 2. The Labute approximate surface area is 158 Å². The van der Waals surface area contributed by atoms with E-state index in [0.29, 0.717) is 25.1 Å². The summed E-state index contributed by atoms with van der Waals surface area (Å²) in [5, 5.41) is 0. The van der Waals surface area contributed by atoms with E-state index in [4.69, 9.17) is 14.2 Å². The first-order valence-electron chi connectivity index (χ1n) is 9.37. The SMILES string of the molecule is COCc1cc(=O)nc2n1C[C@@H](C(Oc1ccccc1)C1CC=CCC1)O2. The Morgan fingerprint density at radius 1 is 1.30 bits per heavy atom. The van der Waals surface area contributed by atoms with Crippen LogP contribution in [-0.2, 0) is 17.9 Å². The molecule has 6 heteroatoms. The standard InChI is InChI=1S/C21H24N2O4/c1-25-14-16-12-19(24)22-21-23(16)13-18(27-21)20(15-8-4-2-5-9-15)26-17-10-6-3-7-11-17/h2-4,6-7,10-12,15,18,20H,5,8-9,13-14H2,1H3/t15?,18-,20?/m0/s1. The lowest BCUT2D eigenvalue weighted by atomic mass is 9.86. The van der Waals surface area contributed by atoms with Crippen LogP contribution in [-0.4, -0.2) is 28.9 Å². The van der Waals surface area contributed by atoms with E-state index in [9.17, 15) is 4.79 Å². The molecule has 2 heterocycles. The van der Waals surface area contributed by atoms with Gasteiger partial charge in [-0.25, -0.2) is 0 Å². The smallest absolute Gasteiger partial charge is 0.300 e. The monoisotopic (exact) mass is 368 g/mol. The van der Waals surface area contributed by atoms with Gasteiger partial charge in [-0.2, -0.15) is 4.98 Å². The van der Waals surface area contributed by atoms with Gasteiger partial charge in [0.2, 0.25) is 0 Å². The molecule has 3 atom stereocenters. The van der Waals surface area contributed by atoms with Crippen molar-refractivity contribution >= 4 is 0 Å². The maximum absolute atomic E-state index is 11.9. The van der Waals surface area contributed by atoms with Gasteiger partial charge in [0.05, 0.1) is 18.8 Å². The highest BCUT2D eigenvalue weighted by molar-refractivity contribution is 5.22. The molecule has 1 aromatic heterocycles. The van der Waals surface area contributed by atoms with E-state index in [1.54, 1.807) is 7.11 Å². The Balaban J connectivity index is 1.61. The highest BCUT2D eigenvalue weighted by atomic mass is 16.6. The molecule has 4 rings (SSSR count). The van der Waals surface area contributed by atoms with E-state index in [1.807, 2.05) is 34.9 Å². The molecule has 0 fully saturated rings. The molecule has 2 aromatic rings. The first kappa shape index (κ1) is 17.8. The van der Waals surface area contributed by atoms with E-state index in [1.165, 1.54) is 6.07 Å². The molecule has 1 aliphatic carbocycles. The summed E-state index contributed by atoms with van der Waals surface area (Å²) in [7, 11) is 1.61. The van der Waals surface area contributed by atoms with Crippen LogP contribution < -0.4 is 15.0 Å². The average molecular weight is 368 g/mol. The van der Waals surface area contributed by atoms with E-state index < -0.39 is 0 Å². The fraction of sp³-hybridized carbons (Fsp3) is 0.429. The maximum Gasteiger partial charge on any atom is 0.300 e. The third-order valence-electron chi connectivity index (χ3n) is 5.14. The molecule has 6 nitrogen and oxygen atoms in total. The van der Waals surface area contributed by atoms with Crippen LogP contribution in [0, 0.1) is 5.92 Å². The van der Waals surface area contributed by atoms with Crippen molar-refractivity contribution in [2.45, 2.75) is 44.6 Å². The van der Waals surface area contributed by atoms with Crippen molar-refractivity contribution in [3.8, 4) is 11.8 Å². The number of hydrogen-bond donors (Lipinski definition) is 0. The predicted octanol–water partition coefficient (Wildman–Crippen LogP) is 2.95. The predicted molar refractivity (Wildman–Crippen MR) is 101 cm³/mol. The molecule has 1 aliphatic heterocycles. The quantitative estimate of drug-likeness (QED) is 0.734. The molecule has 0 bridgehead atoms. The zero-order chi connectivity index (χ0) is 18.6. The summed E-state index contributed by atoms with van der Waals surface area (Å²) < 4.78 is 19.7. The van der Waals surface area contributed by atoms with Gasteiger partial charge in [-0.15, -0.1) is 0 Å². The Bertz CT molecular complexity index is 862. The van der Waals surface area contributed by atoms with Gasteiger partial charge in [0.25, 0.3) is 5.56 Å². The lowest BCUT2D eigenvalue weighted by Gasteiger charge is -2.32. The van der Waals surface area contributed by atoms with E-state index >= 15 is 0 Å². The fourth-order valence-electron chi connectivity index (χ4n) is 3.85. The second kappa shape index (κ2) is 7.96. The summed E-state index contributed by atoms with van der Waals surface area (Å²) in [5.74, 6) is 1.18. The van der Waals surface area contributed by atoms with Gasteiger partial charge in [0, 0.05) is 19.1 Å². The minimum absolute atomic E-state index is 0.121. The molecule has 0 N–H and O–H groups in total. The summed E-state index contributed by atoms with van der Waals surface area (Å²) in [6.45, 7) is 0.941. The highest BCUT2D eigenvalue weighted by Gasteiger charge is 2.38. The van der Waals surface area contributed by atoms with Gasteiger partial charge in [0.15, 0.2) is 6.10 Å². The molecule has 142 valence electrons. The minimum Gasteiger partial charge on any atom is -0.486 e. The van der Waals surface area contributed by atoms with Gasteiger partial charge >= 0.3 is 6.01 Å². The number of benzene rings is 1. The normalized spacial score (nSPS) is 22.1. The second-order valence-electron chi connectivity index (χ2n) is 7.01. The Hall–Kier alpha value is -2.60. The van der Waals surface area contributed by atoms with Crippen molar-refractivity contribution in [1.82, 2.24) is 9.55 Å². The molecule has 0 saturated carbocycles.